The molecule has 2 aromatic heterocycles. The van der Waals surface area contributed by atoms with E-state index in [9.17, 15) is 0 Å². The van der Waals surface area contributed by atoms with Crippen LogP contribution in [0.4, 0.5) is 0 Å². The van der Waals surface area contributed by atoms with E-state index in [0.29, 0.717) is 17.6 Å². The molecule has 0 unspecified atom stereocenters. The lowest BCUT2D eigenvalue weighted by atomic mass is 10.0. The molecule has 0 amide bonds. The second-order valence-corrected chi connectivity index (χ2v) is 5.61. The largest absolute Gasteiger partial charge is 0.468 e. The molecule has 3 atom stereocenters. The van der Waals surface area contributed by atoms with E-state index in [0.717, 1.165) is 31.8 Å². The molecule has 6 heteroatoms. The van der Waals surface area contributed by atoms with E-state index in [1.54, 1.807) is 6.26 Å². The molecule has 106 valence electrons. The molecule has 6 nitrogen and oxygen atoms in total. The highest BCUT2D eigenvalue weighted by Crippen LogP contribution is 2.40. The Morgan fingerprint density at radius 1 is 1.40 bits per heavy atom. The molecule has 20 heavy (non-hydrogen) atoms. The van der Waals surface area contributed by atoms with Gasteiger partial charge in [-0.2, -0.15) is 4.98 Å². The van der Waals surface area contributed by atoms with Crippen LogP contribution in [0, 0.1) is 12.8 Å². The summed E-state index contributed by atoms with van der Waals surface area (Å²) >= 11 is 0. The first-order valence-corrected chi connectivity index (χ1v) is 6.98. The van der Waals surface area contributed by atoms with Crippen molar-refractivity contribution in [1.82, 2.24) is 15.0 Å². The van der Waals surface area contributed by atoms with Gasteiger partial charge in [-0.3, -0.25) is 4.90 Å². The van der Waals surface area contributed by atoms with E-state index in [1.165, 1.54) is 0 Å². The molecule has 2 aliphatic heterocycles. The van der Waals surface area contributed by atoms with Gasteiger partial charge in [0.1, 0.15) is 11.9 Å². The molecule has 4 rings (SSSR count). The molecule has 0 spiro atoms. The SMILES string of the molecule is Cc1noc([C@@H]2C[C@H]3CN(Cc4ccco4)C[C@H]3O2)n1. The zero-order valence-corrected chi connectivity index (χ0v) is 11.4. The molecule has 0 saturated carbocycles. The van der Waals surface area contributed by atoms with Gasteiger partial charge in [0.2, 0.25) is 0 Å². The third-order valence-electron chi connectivity index (χ3n) is 4.09. The molecule has 0 bridgehead atoms. The van der Waals surface area contributed by atoms with E-state index in [-0.39, 0.29) is 12.2 Å². The molecule has 2 aromatic rings. The number of likely N-dealkylation sites (tertiary alicyclic amines) is 1. The first-order valence-electron chi connectivity index (χ1n) is 6.98. The summed E-state index contributed by atoms with van der Waals surface area (Å²) in [4.78, 5) is 6.65. The second kappa shape index (κ2) is 4.71. The highest BCUT2D eigenvalue weighted by molar-refractivity contribution is 5.02. The number of hydrogen-bond donors (Lipinski definition) is 0. The van der Waals surface area contributed by atoms with Gasteiger partial charge in [-0.25, -0.2) is 0 Å². The van der Waals surface area contributed by atoms with Crippen LogP contribution < -0.4 is 0 Å². The van der Waals surface area contributed by atoms with Crippen LogP contribution >= 0.6 is 0 Å². The molecule has 2 aliphatic rings. The molecular weight excluding hydrogens is 258 g/mol. The predicted molar refractivity (Wildman–Crippen MR) is 68.7 cm³/mol. The normalized spacial score (nSPS) is 29.9. The maximum absolute atomic E-state index is 6.07. The first kappa shape index (κ1) is 12.1. The number of hydrogen-bond acceptors (Lipinski definition) is 6. The Bertz CT molecular complexity index is 566. The Morgan fingerprint density at radius 2 is 2.35 bits per heavy atom. The Labute approximate surface area is 116 Å². The smallest absolute Gasteiger partial charge is 0.255 e. The van der Waals surface area contributed by atoms with Crippen LogP contribution in [0.3, 0.4) is 0 Å². The van der Waals surface area contributed by atoms with E-state index >= 15 is 0 Å². The van der Waals surface area contributed by atoms with Gasteiger partial charge in [-0.1, -0.05) is 5.16 Å². The van der Waals surface area contributed by atoms with Crippen molar-refractivity contribution in [2.45, 2.75) is 32.1 Å². The van der Waals surface area contributed by atoms with Gasteiger partial charge >= 0.3 is 0 Å². The summed E-state index contributed by atoms with van der Waals surface area (Å²) in [7, 11) is 0. The van der Waals surface area contributed by atoms with Crippen molar-refractivity contribution in [3.63, 3.8) is 0 Å². The summed E-state index contributed by atoms with van der Waals surface area (Å²) in [5, 5.41) is 3.83. The van der Waals surface area contributed by atoms with E-state index < -0.39 is 0 Å². The molecule has 0 N–H and O–H groups in total. The summed E-state index contributed by atoms with van der Waals surface area (Å²) in [6, 6.07) is 3.94. The lowest BCUT2D eigenvalue weighted by molar-refractivity contribution is 0.0194. The summed E-state index contributed by atoms with van der Waals surface area (Å²) in [6.45, 7) is 4.66. The first-order chi connectivity index (χ1) is 9.78. The number of aryl methyl sites for hydroxylation is 1. The minimum Gasteiger partial charge on any atom is -0.468 e. The van der Waals surface area contributed by atoms with Gasteiger partial charge in [-0.05, 0) is 25.5 Å². The molecular formula is C14H17N3O3. The van der Waals surface area contributed by atoms with Crippen molar-refractivity contribution in [1.29, 1.82) is 0 Å². The van der Waals surface area contributed by atoms with Crippen molar-refractivity contribution >= 4 is 0 Å². The fourth-order valence-corrected chi connectivity index (χ4v) is 3.20. The second-order valence-electron chi connectivity index (χ2n) is 5.61. The number of furan rings is 1. The van der Waals surface area contributed by atoms with Crippen LogP contribution in [0.25, 0.3) is 0 Å². The summed E-state index contributed by atoms with van der Waals surface area (Å²) in [5.41, 5.74) is 0. The number of aromatic nitrogens is 2. The minimum atomic E-state index is -0.0306. The van der Waals surface area contributed by atoms with Gasteiger partial charge in [0.25, 0.3) is 5.89 Å². The average molecular weight is 275 g/mol. The van der Waals surface area contributed by atoms with E-state index in [2.05, 4.69) is 15.0 Å². The summed E-state index contributed by atoms with van der Waals surface area (Å²) < 4.78 is 16.7. The fraction of sp³-hybridized carbons (Fsp3) is 0.571. The number of nitrogens with zero attached hydrogens (tertiary/aromatic N) is 3. The maximum Gasteiger partial charge on any atom is 0.255 e. The van der Waals surface area contributed by atoms with Crippen molar-refractivity contribution < 1.29 is 13.7 Å². The van der Waals surface area contributed by atoms with Gasteiger partial charge in [0.05, 0.1) is 18.9 Å². The maximum atomic E-state index is 6.07. The van der Waals surface area contributed by atoms with Gasteiger partial charge < -0.3 is 13.7 Å². The van der Waals surface area contributed by atoms with E-state index in [1.807, 2.05) is 19.1 Å². The molecule has 0 radical (unpaired) electrons. The number of ether oxygens (including phenoxy) is 1. The van der Waals surface area contributed by atoms with Gasteiger partial charge in [0, 0.05) is 19.0 Å². The van der Waals surface area contributed by atoms with Crippen molar-refractivity contribution in [3.05, 3.63) is 35.9 Å². The zero-order valence-electron chi connectivity index (χ0n) is 11.4. The van der Waals surface area contributed by atoms with Crippen LogP contribution in [0.2, 0.25) is 0 Å². The molecule has 0 aromatic carbocycles. The molecule has 0 aliphatic carbocycles. The standard InChI is InChI=1S/C14H17N3O3/c1-9-15-14(20-16-9)12-5-10-6-17(8-13(10)19-12)7-11-3-2-4-18-11/h2-4,10,12-13H,5-8H2,1H3/t10-,12-,13+/m0/s1. The van der Waals surface area contributed by atoms with Crippen LogP contribution in [-0.4, -0.2) is 34.2 Å². The minimum absolute atomic E-state index is 0.0306. The molecule has 2 fully saturated rings. The van der Waals surface area contributed by atoms with Crippen LogP contribution in [0.1, 0.15) is 30.0 Å². The van der Waals surface area contributed by atoms with Crippen molar-refractivity contribution in [2.24, 2.45) is 5.92 Å². The Morgan fingerprint density at radius 3 is 3.05 bits per heavy atom. The number of fused-ring (bicyclic) bond motifs is 1. The highest BCUT2D eigenvalue weighted by Gasteiger charge is 2.44. The third kappa shape index (κ3) is 2.14. The van der Waals surface area contributed by atoms with Crippen LogP contribution in [0.15, 0.2) is 27.3 Å². The lowest BCUT2D eigenvalue weighted by Gasteiger charge is -2.16. The number of rotatable bonds is 3. The predicted octanol–water partition coefficient (Wildman–Crippen LogP) is 1.93. The van der Waals surface area contributed by atoms with Gasteiger partial charge in [-0.15, -0.1) is 0 Å². The monoisotopic (exact) mass is 275 g/mol. The quantitative estimate of drug-likeness (QED) is 0.853. The molecule has 2 saturated heterocycles. The highest BCUT2D eigenvalue weighted by atomic mass is 16.5. The van der Waals surface area contributed by atoms with Crippen molar-refractivity contribution in [3.8, 4) is 0 Å². The lowest BCUT2D eigenvalue weighted by Crippen LogP contribution is -2.23. The van der Waals surface area contributed by atoms with Crippen LogP contribution in [0.5, 0.6) is 0 Å². The Hall–Kier alpha value is -1.66. The van der Waals surface area contributed by atoms with Crippen LogP contribution in [-0.2, 0) is 11.3 Å². The molecule has 4 heterocycles. The Kier molecular flexibility index (Phi) is 2.85. The zero-order chi connectivity index (χ0) is 13.5. The average Bonchev–Trinajstić information content (AvgIpc) is 3.12. The fourth-order valence-electron chi connectivity index (χ4n) is 3.20. The van der Waals surface area contributed by atoms with Gasteiger partial charge in [0.15, 0.2) is 5.82 Å². The Balaban J connectivity index is 1.38. The summed E-state index contributed by atoms with van der Waals surface area (Å²) in [6.07, 6.45) is 2.91. The van der Waals surface area contributed by atoms with E-state index in [4.69, 9.17) is 13.7 Å². The van der Waals surface area contributed by atoms with Crippen molar-refractivity contribution in [2.75, 3.05) is 13.1 Å². The topological polar surface area (TPSA) is 64.5 Å². The summed E-state index contributed by atoms with van der Waals surface area (Å²) in [5.74, 6) is 2.84. The third-order valence-corrected chi connectivity index (χ3v) is 4.09.